The van der Waals surface area contributed by atoms with Crippen molar-refractivity contribution in [3.05, 3.63) is 36.6 Å². The van der Waals surface area contributed by atoms with E-state index in [1.807, 2.05) is 14.1 Å². The molecule has 0 radical (unpaired) electrons. The predicted molar refractivity (Wildman–Crippen MR) is 68.6 cm³/mol. The molecule has 0 aromatic carbocycles. The van der Waals surface area contributed by atoms with Gasteiger partial charge in [0.25, 0.3) is 0 Å². The van der Waals surface area contributed by atoms with Crippen LogP contribution in [-0.4, -0.2) is 25.5 Å². The second-order valence-electron chi connectivity index (χ2n) is 3.88. The number of hydrogen-bond acceptors (Lipinski definition) is 2. The third-order valence-electron chi connectivity index (χ3n) is 1.96. The topological polar surface area (TPSA) is 29.3 Å². The Morgan fingerprint density at radius 1 is 1.27 bits per heavy atom. The summed E-state index contributed by atoms with van der Waals surface area (Å²) in [6, 6.07) is 0. The van der Waals surface area contributed by atoms with Gasteiger partial charge in [0.1, 0.15) is 0 Å². The van der Waals surface area contributed by atoms with Gasteiger partial charge < -0.3 is 10.6 Å². The fourth-order valence-electron chi connectivity index (χ4n) is 1.16. The third-order valence-corrected chi connectivity index (χ3v) is 1.96. The second-order valence-corrected chi connectivity index (χ2v) is 3.88. The SMILES string of the molecule is C=C(/C=C\CCC/C=C\N(C)C)CCN. The van der Waals surface area contributed by atoms with Gasteiger partial charge >= 0.3 is 0 Å². The molecule has 0 heterocycles. The van der Waals surface area contributed by atoms with Crippen molar-refractivity contribution in [2.24, 2.45) is 5.73 Å². The Balaban J connectivity index is 3.42. The lowest BCUT2D eigenvalue weighted by molar-refractivity contribution is 0.560. The molecule has 0 saturated heterocycles. The zero-order chi connectivity index (χ0) is 11.5. The zero-order valence-electron chi connectivity index (χ0n) is 10.1. The molecule has 15 heavy (non-hydrogen) atoms. The number of unbranched alkanes of at least 4 members (excludes halogenated alkanes) is 2. The van der Waals surface area contributed by atoms with E-state index in [4.69, 9.17) is 5.73 Å². The van der Waals surface area contributed by atoms with Gasteiger partial charge in [0, 0.05) is 14.1 Å². The van der Waals surface area contributed by atoms with Crippen LogP contribution in [0.15, 0.2) is 36.6 Å². The lowest BCUT2D eigenvalue weighted by Gasteiger charge is -2.02. The Morgan fingerprint density at radius 2 is 1.93 bits per heavy atom. The molecule has 0 rings (SSSR count). The molecule has 0 aliphatic rings. The molecule has 0 aromatic rings. The summed E-state index contributed by atoms with van der Waals surface area (Å²) in [5.74, 6) is 0. The van der Waals surface area contributed by atoms with Crippen LogP contribution < -0.4 is 5.73 Å². The number of nitrogens with two attached hydrogens (primary N) is 1. The first-order chi connectivity index (χ1) is 7.16. The summed E-state index contributed by atoms with van der Waals surface area (Å²) < 4.78 is 0. The lowest BCUT2D eigenvalue weighted by atomic mass is 10.1. The van der Waals surface area contributed by atoms with Crippen molar-refractivity contribution in [2.45, 2.75) is 25.7 Å². The molecule has 0 atom stereocenters. The lowest BCUT2D eigenvalue weighted by Crippen LogP contribution is -1.99. The standard InChI is InChI=1S/C13H24N2/c1-13(10-11-14)9-7-5-4-6-8-12-15(2)3/h7-9,12H,1,4-6,10-11,14H2,2-3H3/b9-7-,12-8-. The highest BCUT2D eigenvalue weighted by Gasteiger charge is 1.85. The minimum atomic E-state index is 0.689. The molecule has 0 aromatic heterocycles. The molecule has 0 saturated carbocycles. The minimum Gasteiger partial charge on any atom is -0.384 e. The molecule has 0 unspecified atom stereocenters. The van der Waals surface area contributed by atoms with E-state index in [2.05, 4.69) is 35.9 Å². The van der Waals surface area contributed by atoms with Crippen molar-refractivity contribution in [3.63, 3.8) is 0 Å². The highest BCUT2D eigenvalue weighted by molar-refractivity contribution is 5.14. The molecular weight excluding hydrogens is 184 g/mol. The van der Waals surface area contributed by atoms with Crippen LogP contribution in [0.1, 0.15) is 25.7 Å². The van der Waals surface area contributed by atoms with Crippen LogP contribution in [0.25, 0.3) is 0 Å². The van der Waals surface area contributed by atoms with E-state index in [1.54, 1.807) is 0 Å². The number of hydrogen-bond donors (Lipinski definition) is 1. The number of rotatable bonds is 8. The van der Waals surface area contributed by atoms with Crippen LogP contribution in [0.3, 0.4) is 0 Å². The van der Waals surface area contributed by atoms with Crippen molar-refractivity contribution in [1.29, 1.82) is 0 Å². The summed E-state index contributed by atoms with van der Waals surface area (Å²) in [6.45, 7) is 4.60. The van der Waals surface area contributed by atoms with Crippen LogP contribution in [0.4, 0.5) is 0 Å². The van der Waals surface area contributed by atoms with Gasteiger partial charge in [0.2, 0.25) is 0 Å². The van der Waals surface area contributed by atoms with Gasteiger partial charge in [0.15, 0.2) is 0 Å². The summed E-state index contributed by atoms with van der Waals surface area (Å²) in [6.07, 6.45) is 12.9. The average Bonchev–Trinajstić information content (AvgIpc) is 2.16. The van der Waals surface area contributed by atoms with Gasteiger partial charge in [-0.3, -0.25) is 0 Å². The van der Waals surface area contributed by atoms with Gasteiger partial charge in [-0.25, -0.2) is 0 Å². The van der Waals surface area contributed by atoms with E-state index in [-0.39, 0.29) is 0 Å². The summed E-state index contributed by atoms with van der Waals surface area (Å²) in [4.78, 5) is 2.05. The Hall–Kier alpha value is -1.02. The fourth-order valence-corrected chi connectivity index (χ4v) is 1.16. The second kappa shape index (κ2) is 9.53. The molecule has 0 aliphatic carbocycles. The first-order valence-corrected chi connectivity index (χ1v) is 5.54. The van der Waals surface area contributed by atoms with Crippen LogP contribution in [0.5, 0.6) is 0 Å². The maximum Gasteiger partial charge on any atom is 0.00555 e. The quantitative estimate of drug-likeness (QED) is 0.491. The Morgan fingerprint density at radius 3 is 2.53 bits per heavy atom. The first kappa shape index (κ1) is 14.0. The van der Waals surface area contributed by atoms with Crippen molar-refractivity contribution in [3.8, 4) is 0 Å². The molecule has 2 nitrogen and oxygen atoms in total. The molecule has 2 N–H and O–H groups in total. The molecule has 0 spiro atoms. The smallest absolute Gasteiger partial charge is 0.00555 e. The molecule has 2 heteroatoms. The maximum atomic E-state index is 5.42. The monoisotopic (exact) mass is 208 g/mol. The fraction of sp³-hybridized carbons (Fsp3) is 0.538. The normalized spacial score (nSPS) is 11.4. The first-order valence-electron chi connectivity index (χ1n) is 5.54. The largest absolute Gasteiger partial charge is 0.384 e. The molecule has 0 aliphatic heterocycles. The van der Waals surface area contributed by atoms with Crippen LogP contribution in [0.2, 0.25) is 0 Å². The van der Waals surface area contributed by atoms with Crippen LogP contribution >= 0.6 is 0 Å². The van der Waals surface area contributed by atoms with Crippen LogP contribution in [-0.2, 0) is 0 Å². The maximum absolute atomic E-state index is 5.42. The highest BCUT2D eigenvalue weighted by Crippen LogP contribution is 2.02. The van der Waals surface area contributed by atoms with Gasteiger partial charge in [0.05, 0.1) is 0 Å². The summed E-state index contributed by atoms with van der Waals surface area (Å²) in [7, 11) is 4.07. The third kappa shape index (κ3) is 10.9. The van der Waals surface area contributed by atoms with Gasteiger partial charge in [-0.2, -0.15) is 0 Å². The van der Waals surface area contributed by atoms with Gasteiger partial charge in [-0.1, -0.05) is 30.4 Å². The molecule has 0 amide bonds. The molecule has 0 fully saturated rings. The zero-order valence-corrected chi connectivity index (χ0v) is 10.1. The van der Waals surface area contributed by atoms with E-state index in [0.29, 0.717) is 6.54 Å². The Labute approximate surface area is 94.1 Å². The van der Waals surface area contributed by atoms with Crippen LogP contribution in [0, 0.1) is 0 Å². The highest BCUT2D eigenvalue weighted by atomic mass is 15.0. The number of nitrogens with zero attached hydrogens (tertiary/aromatic N) is 1. The minimum absolute atomic E-state index is 0.689. The average molecular weight is 208 g/mol. The van der Waals surface area contributed by atoms with E-state index in [0.717, 1.165) is 24.8 Å². The molecular formula is C13H24N2. The van der Waals surface area contributed by atoms with Crippen molar-refractivity contribution < 1.29 is 0 Å². The molecule has 86 valence electrons. The molecule has 0 bridgehead atoms. The Bertz CT molecular complexity index is 215. The summed E-state index contributed by atoms with van der Waals surface area (Å²) >= 11 is 0. The van der Waals surface area contributed by atoms with E-state index in [9.17, 15) is 0 Å². The van der Waals surface area contributed by atoms with Gasteiger partial charge in [-0.15, -0.1) is 0 Å². The summed E-state index contributed by atoms with van der Waals surface area (Å²) in [5.41, 5.74) is 6.55. The number of allylic oxidation sites excluding steroid dienone is 3. The van der Waals surface area contributed by atoms with E-state index in [1.165, 1.54) is 6.42 Å². The van der Waals surface area contributed by atoms with Crippen molar-refractivity contribution >= 4 is 0 Å². The van der Waals surface area contributed by atoms with Crippen molar-refractivity contribution in [2.75, 3.05) is 20.6 Å². The summed E-state index contributed by atoms with van der Waals surface area (Å²) in [5, 5.41) is 0. The van der Waals surface area contributed by atoms with Gasteiger partial charge in [-0.05, 0) is 38.4 Å². The van der Waals surface area contributed by atoms with E-state index >= 15 is 0 Å². The Kier molecular flexibility index (Phi) is 8.88. The van der Waals surface area contributed by atoms with E-state index < -0.39 is 0 Å². The predicted octanol–water partition coefficient (Wildman–Crippen LogP) is 2.69. The van der Waals surface area contributed by atoms with Crippen molar-refractivity contribution in [1.82, 2.24) is 4.90 Å².